The lowest BCUT2D eigenvalue weighted by atomic mass is 9.72. The van der Waals surface area contributed by atoms with Gasteiger partial charge in [-0.05, 0) is 89.7 Å². The van der Waals surface area contributed by atoms with Gasteiger partial charge in [0.25, 0.3) is 0 Å². The molecule has 4 N–H and O–H groups in total. The molecule has 4 heterocycles. The Hall–Kier alpha value is -3.98. The molecule has 196 valence electrons. The summed E-state index contributed by atoms with van der Waals surface area (Å²) in [5.41, 5.74) is 20.5. The number of nitrogen functional groups attached to an aromatic ring is 2. The van der Waals surface area contributed by atoms with Crippen LogP contribution in [-0.2, 0) is 5.41 Å². The largest absolute Gasteiger partial charge is 0.368 e. The van der Waals surface area contributed by atoms with Gasteiger partial charge in [0.05, 0.1) is 11.4 Å². The van der Waals surface area contributed by atoms with E-state index in [0.717, 1.165) is 64.7 Å². The Balaban J connectivity index is 0.000000142. The zero-order valence-corrected chi connectivity index (χ0v) is 23.1. The minimum atomic E-state index is -0.0509. The Morgan fingerprint density at radius 1 is 0.769 bits per heavy atom. The standard InChI is InChI=1S/C15H15BrN4.C15H14N4/c16-13-9-18-7-6-11(13)12-8-19-15(17)20-14(12)10-4-2-1-3-5-10;16-14-18-8-11-10-4-7-17-9-12(10)15(13(11)19-14)5-2-1-3-6-15/h4,6-9H,1-3,5H2,(H2,17,19,20);1-2,4,7-9H,3,5-6H2,(H2,16,18,19). The summed E-state index contributed by atoms with van der Waals surface area (Å²) >= 11 is 3.54. The molecule has 39 heavy (non-hydrogen) atoms. The van der Waals surface area contributed by atoms with E-state index in [2.05, 4.69) is 70.1 Å². The van der Waals surface area contributed by atoms with Gasteiger partial charge in [0, 0.05) is 63.8 Å². The minimum Gasteiger partial charge on any atom is -0.368 e. The van der Waals surface area contributed by atoms with Crippen LogP contribution in [-0.4, -0.2) is 29.9 Å². The third kappa shape index (κ3) is 4.71. The summed E-state index contributed by atoms with van der Waals surface area (Å²) in [7, 11) is 0. The lowest BCUT2D eigenvalue weighted by molar-refractivity contribution is 0.463. The smallest absolute Gasteiger partial charge is 0.220 e. The van der Waals surface area contributed by atoms with Gasteiger partial charge in [-0.1, -0.05) is 18.2 Å². The van der Waals surface area contributed by atoms with Gasteiger partial charge in [-0.25, -0.2) is 19.9 Å². The fraction of sp³-hybridized carbons (Fsp3) is 0.267. The van der Waals surface area contributed by atoms with Gasteiger partial charge in [-0.15, -0.1) is 0 Å². The average Bonchev–Trinajstić information content (AvgIpc) is 3.23. The molecule has 8 nitrogen and oxygen atoms in total. The molecule has 3 aliphatic carbocycles. The molecule has 1 unspecified atom stereocenters. The Labute approximate surface area is 235 Å². The Morgan fingerprint density at radius 2 is 1.54 bits per heavy atom. The number of fused-ring (bicyclic) bond motifs is 5. The Bertz CT molecular complexity index is 1600. The molecule has 1 spiro atoms. The number of nitrogens with two attached hydrogens (primary N) is 2. The van der Waals surface area contributed by atoms with Crippen molar-refractivity contribution in [3.05, 3.63) is 89.0 Å². The van der Waals surface area contributed by atoms with E-state index in [0.29, 0.717) is 11.9 Å². The summed E-state index contributed by atoms with van der Waals surface area (Å²) in [5.74, 6) is 0.675. The third-order valence-corrected chi connectivity index (χ3v) is 8.36. The number of anilines is 2. The second-order valence-corrected chi connectivity index (χ2v) is 10.9. The van der Waals surface area contributed by atoms with Crippen LogP contribution in [0.4, 0.5) is 11.9 Å². The zero-order chi connectivity index (χ0) is 26.8. The van der Waals surface area contributed by atoms with Crippen molar-refractivity contribution in [3.63, 3.8) is 0 Å². The molecular weight excluding hydrogens is 552 g/mol. The van der Waals surface area contributed by atoms with E-state index in [1.165, 1.54) is 29.5 Å². The summed E-state index contributed by atoms with van der Waals surface area (Å²) in [5, 5.41) is 0. The van der Waals surface area contributed by atoms with Crippen LogP contribution in [0.2, 0.25) is 0 Å². The maximum atomic E-state index is 5.80. The zero-order valence-electron chi connectivity index (χ0n) is 21.5. The molecule has 0 amide bonds. The summed E-state index contributed by atoms with van der Waals surface area (Å²) in [6.45, 7) is 0. The van der Waals surface area contributed by atoms with Crippen molar-refractivity contribution in [2.75, 3.05) is 11.5 Å². The highest BCUT2D eigenvalue weighted by molar-refractivity contribution is 9.10. The highest BCUT2D eigenvalue weighted by atomic mass is 79.9. The van der Waals surface area contributed by atoms with Crippen molar-refractivity contribution in [3.8, 4) is 22.3 Å². The van der Waals surface area contributed by atoms with E-state index >= 15 is 0 Å². The van der Waals surface area contributed by atoms with E-state index in [1.54, 1.807) is 18.6 Å². The first-order chi connectivity index (χ1) is 19.1. The first-order valence-corrected chi connectivity index (χ1v) is 14.0. The average molecular weight is 582 g/mol. The summed E-state index contributed by atoms with van der Waals surface area (Å²) in [6, 6.07) is 4.02. The highest BCUT2D eigenvalue weighted by Crippen LogP contribution is 2.53. The lowest BCUT2D eigenvalue weighted by Crippen LogP contribution is -2.27. The van der Waals surface area contributed by atoms with Crippen molar-refractivity contribution >= 4 is 33.4 Å². The van der Waals surface area contributed by atoms with Gasteiger partial charge in [-0.3, -0.25) is 9.97 Å². The van der Waals surface area contributed by atoms with Gasteiger partial charge < -0.3 is 11.5 Å². The summed E-state index contributed by atoms with van der Waals surface area (Å²) < 4.78 is 0.936. The quantitative estimate of drug-likeness (QED) is 0.264. The molecule has 9 heteroatoms. The second kappa shape index (κ2) is 10.6. The fourth-order valence-electron chi connectivity index (χ4n) is 5.87. The van der Waals surface area contributed by atoms with Gasteiger partial charge in [0.1, 0.15) is 0 Å². The predicted octanol–water partition coefficient (Wildman–Crippen LogP) is 6.30. The lowest BCUT2D eigenvalue weighted by Gasteiger charge is -2.31. The molecule has 0 aliphatic heterocycles. The minimum absolute atomic E-state index is 0.0509. The van der Waals surface area contributed by atoms with Crippen LogP contribution < -0.4 is 11.5 Å². The fourth-order valence-corrected chi connectivity index (χ4v) is 6.34. The van der Waals surface area contributed by atoms with Gasteiger partial charge >= 0.3 is 0 Å². The van der Waals surface area contributed by atoms with E-state index in [1.807, 2.05) is 24.7 Å². The third-order valence-electron chi connectivity index (χ3n) is 7.72. The first kappa shape index (κ1) is 25.3. The topological polar surface area (TPSA) is 129 Å². The Morgan fingerprint density at radius 3 is 2.28 bits per heavy atom. The van der Waals surface area contributed by atoms with Crippen LogP contribution in [0, 0.1) is 0 Å². The van der Waals surface area contributed by atoms with Gasteiger partial charge in [0.15, 0.2) is 0 Å². The number of rotatable bonds is 2. The number of pyridine rings is 2. The molecular formula is C30H29BrN8. The van der Waals surface area contributed by atoms with E-state index < -0.39 is 0 Å². The number of allylic oxidation sites excluding steroid dienone is 4. The number of hydrogen-bond acceptors (Lipinski definition) is 8. The molecule has 4 aromatic heterocycles. The number of nitrogens with zero attached hydrogens (tertiary/aromatic N) is 6. The number of hydrogen-bond donors (Lipinski definition) is 2. The van der Waals surface area contributed by atoms with Crippen molar-refractivity contribution in [2.24, 2.45) is 0 Å². The second-order valence-electron chi connectivity index (χ2n) is 10.0. The molecule has 0 saturated heterocycles. The van der Waals surface area contributed by atoms with E-state index in [9.17, 15) is 0 Å². The molecule has 0 fully saturated rings. The molecule has 3 aliphatic rings. The van der Waals surface area contributed by atoms with Crippen molar-refractivity contribution in [1.82, 2.24) is 29.9 Å². The molecule has 7 rings (SSSR count). The van der Waals surface area contributed by atoms with E-state index in [4.69, 9.17) is 11.5 Å². The molecule has 0 radical (unpaired) electrons. The van der Waals surface area contributed by atoms with Crippen LogP contribution in [0.1, 0.15) is 61.9 Å². The maximum absolute atomic E-state index is 5.80. The maximum Gasteiger partial charge on any atom is 0.220 e. The van der Waals surface area contributed by atoms with Gasteiger partial charge in [-0.2, -0.15) is 0 Å². The summed E-state index contributed by atoms with van der Waals surface area (Å²) in [4.78, 5) is 25.7. The predicted molar refractivity (Wildman–Crippen MR) is 157 cm³/mol. The molecule has 0 aromatic carbocycles. The van der Waals surface area contributed by atoms with Crippen LogP contribution in [0.3, 0.4) is 0 Å². The molecule has 1 atom stereocenters. The molecule has 4 aromatic rings. The number of aromatic nitrogens is 6. The molecule has 0 bridgehead atoms. The van der Waals surface area contributed by atoms with Crippen molar-refractivity contribution in [1.29, 1.82) is 0 Å². The molecule has 0 saturated carbocycles. The Kier molecular flexibility index (Phi) is 6.91. The summed E-state index contributed by atoms with van der Waals surface area (Å²) in [6.07, 6.45) is 25.5. The first-order valence-electron chi connectivity index (χ1n) is 13.2. The highest BCUT2D eigenvalue weighted by Gasteiger charge is 2.44. The van der Waals surface area contributed by atoms with Crippen molar-refractivity contribution < 1.29 is 0 Å². The number of halogens is 1. The van der Waals surface area contributed by atoms with Crippen LogP contribution in [0.15, 0.2) is 72.0 Å². The van der Waals surface area contributed by atoms with Crippen LogP contribution in [0.5, 0.6) is 0 Å². The SMILES string of the molecule is Nc1ncc(-c2ccncc2Br)c(C2=CCCCC2)n1.Nc1ncc2c(n1)C1(CC=CCC1)c1cnccc1-2. The van der Waals surface area contributed by atoms with Crippen LogP contribution >= 0.6 is 15.9 Å². The van der Waals surface area contributed by atoms with Gasteiger partial charge in [0.2, 0.25) is 11.9 Å². The normalized spacial score (nSPS) is 19.1. The van der Waals surface area contributed by atoms with E-state index in [-0.39, 0.29) is 5.41 Å². The monoisotopic (exact) mass is 580 g/mol. The van der Waals surface area contributed by atoms with Crippen LogP contribution in [0.25, 0.3) is 27.8 Å². The van der Waals surface area contributed by atoms with Crippen molar-refractivity contribution in [2.45, 2.75) is 50.4 Å².